The molecule has 7 heteroatoms. The SMILES string of the molecule is CCc1ccc(NC(=O)c2ccc(S(=O)(=O)NCCC#N)cc2)cc1. The Balaban J connectivity index is 2.05. The van der Waals surface area contributed by atoms with Crippen LogP contribution in [-0.4, -0.2) is 20.9 Å². The fourth-order valence-electron chi connectivity index (χ4n) is 2.14. The summed E-state index contributed by atoms with van der Waals surface area (Å²) in [6.07, 6.45) is 1.02. The van der Waals surface area contributed by atoms with E-state index in [2.05, 4.69) is 17.0 Å². The maximum Gasteiger partial charge on any atom is 0.255 e. The van der Waals surface area contributed by atoms with Crippen molar-refractivity contribution < 1.29 is 13.2 Å². The number of nitriles is 1. The topological polar surface area (TPSA) is 99.1 Å². The molecule has 2 N–H and O–H groups in total. The molecular weight excluding hydrogens is 338 g/mol. The first-order valence-electron chi connectivity index (χ1n) is 7.83. The average molecular weight is 357 g/mol. The number of amides is 1. The molecular formula is C18H19N3O3S. The van der Waals surface area contributed by atoms with Gasteiger partial charge in [0, 0.05) is 24.2 Å². The van der Waals surface area contributed by atoms with Crippen molar-refractivity contribution in [1.82, 2.24) is 4.72 Å². The smallest absolute Gasteiger partial charge is 0.255 e. The molecule has 2 aromatic carbocycles. The van der Waals surface area contributed by atoms with Crippen molar-refractivity contribution in [3.63, 3.8) is 0 Å². The third kappa shape index (κ3) is 5.14. The Morgan fingerprint density at radius 1 is 1.08 bits per heavy atom. The van der Waals surface area contributed by atoms with Crippen LogP contribution in [0.5, 0.6) is 0 Å². The van der Waals surface area contributed by atoms with Crippen LogP contribution in [-0.2, 0) is 16.4 Å². The molecule has 25 heavy (non-hydrogen) atoms. The Labute approximate surface area is 147 Å². The molecule has 0 aliphatic carbocycles. The van der Waals surface area contributed by atoms with Crippen LogP contribution in [0, 0.1) is 11.3 Å². The summed E-state index contributed by atoms with van der Waals surface area (Å²) in [6, 6.07) is 15.0. The lowest BCUT2D eigenvalue weighted by Crippen LogP contribution is -2.24. The van der Waals surface area contributed by atoms with E-state index in [0.717, 1.165) is 6.42 Å². The van der Waals surface area contributed by atoms with Gasteiger partial charge in [-0.15, -0.1) is 0 Å². The minimum atomic E-state index is -3.67. The fraction of sp³-hybridized carbons (Fsp3) is 0.222. The number of benzene rings is 2. The molecule has 0 aliphatic rings. The van der Waals surface area contributed by atoms with Crippen LogP contribution < -0.4 is 10.0 Å². The number of carbonyl (C=O) groups excluding carboxylic acids is 1. The first kappa shape index (κ1) is 18.6. The van der Waals surface area contributed by atoms with Crippen molar-refractivity contribution in [2.45, 2.75) is 24.7 Å². The van der Waals surface area contributed by atoms with Crippen molar-refractivity contribution in [3.05, 3.63) is 59.7 Å². The summed E-state index contributed by atoms with van der Waals surface area (Å²) in [4.78, 5) is 12.3. The lowest BCUT2D eigenvalue weighted by molar-refractivity contribution is 0.102. The second-order valence-electron chi connectivity index (χ2n) is 5.33. The predicted molar refractivity (Wildman–Crippen MR) is 95.6 cm³/mol. The molecule has 0 atom stereocenters. The maximum absolute atomic E-state index is 12.2. The maximum atomic E-state index is 12.2. The summed E-state index contributed by atoms with van der Waals surface area (Å²) in [5, 5.41) is 11.2. The Morgan fingerprint density at radius 3 is 2.28 bits per heavy atom. The highest BCUT2D eigenvalue weighted by Gasteiger charge is 2.14. The van der Waals surface area contributed by atoms with Gasteiger partial charge in [-0.25, -0.2) is 13.1 Å². The third-order valence-electron chi connectivity index (χ3n) is 3.58. The molecule has 0 unspecified atom stereocenters. The van der Waals surface area contributed by atoms with Crippen LogP contribution in [0.3, 0.4) is 0 Å². The van der Waals surface area contributed by atoms with Gasteiger partial charge in [0.2, 0.25) is 10.0 Å². The predicted octanol–water partition coefficient (Wildman–Crippen LogP) is 2.69. The molecule has 0 aliphatic heterocycles. The van der Waals surface area contributed by atoms with Gasteiger partial charge < -0.3 is 5.32 Å². The molecule has 0 saturated carbocycles. The minimum absolute atomic E-state index is 0.0503. The number of sulfonamides is 1. The molecule has 2 aromatic rings. The molecule has 0 bridgehead atoms. The molecule has 0 aromatic heterocycles. The number of carbonyl (C=O) groups is 1. The van der Waals surface area contributed by atoms with Gasteiger partial charge in [-0.05, 0) is 48.4 Å². The van der Waals surface area contributed by atoms with Crippen LogP contribution in [0.25, 0.3) is 0 Å². The van der Waals surface area contributed by atoms with Gasteiger partial charge in [0.15, 0.2) is 0 Å². The third-order valence-corrected chi connectivity index (χ3v) is 5.05. The van der Waals surface area contributed by atoms with Crippen molar-refractivity contribution in [3.8, 4) is 6.07 Å². The lowest BCUT2D eigenvalue weighted by Gasteiger charge is -2.08. The highest BCUT2D eigenvalue weighted by Crippen LogP contribution is 2.14. The number of nitrogens with one attached hydrogen (secondary N) is 2. The summed E-state index contributed by atoms with van der Waals surface area (Å²) >= 11 is 0. The number of aryl methyl sites for hydroxylation is 1. The van der Waals surface area contributed by atoms with Gasteiger partial charge >= 0.3 is 0 Å². The second-order valence-corrected chi connectivity index (χ2v) is 7.10. The van der Waals surface area contributed by atoms with Gasteiger partial charge in [0.1, 0.15) is 0 Å². The molecule has 0 saturated heterocycles. The van der Waals surface area contributed by atoms with Crippen molar-refractivity contribution in [2.24, 2.45) is 0 Å². The van der Waals surface area contributed by atoms with Crippen LogP contribution in [0.1, 0.15) is 29.3 Å². The summed E-state index contributed by atoms with van der Waals surface area (Å²) in [7, 11) is -3.67. The van der Waals surface area contributed by atoms with Crippen molar-refractivity contribution in [1.29, 1.82) is 5.26 Å². The molecule has 0 fully saturated rings. The molecule has 0 heterocycles. The molecule has 130 valence electrons. The van der Waals surface area contributed by atoms with Gasteiger partial charge in [0.25, 0.3) is 5.91 Å². The Hall–Kier alpha value is -2.69. The second kappa shape index (κ2) is 8.42. The monoisotopic (exact) mass is 357 g/mol. The van der Waals surface area contributed by atoms with E-state index >= 15 is 0 Å². The zero-order valence-corrected chi connectivity index (χ0v) is 14.6. The van der Waals surface area contributed by atoms with Gasteiger partial charge in [0.05, 0.1) is 11.0 Å². The van der Waals surface area contributed by atoms with E-state index in [4.69, 9.17) is 5.26 Å². The largest absolute Gasteiger partial charge is 0.322 e. The number of nitrogens with zero attached hydrogens (tertiary/aromatic N) is 1. The summed E-state index contributed by atoms with van der Waals surface area (Å²) < 4.78 is 26.4. The van der Waals surface area contributed by atoms with E-state index in [1.807, 2.05) is 30.3 Å². The van der Waals surface area contributed by atoms with Crippen LogP contribution in [0.15, 0.2) is 53.4 Å². The number of anilines is 1. The average Bonchev–Trinajstić information content (AvgIpc) is 2.62. The highest BCUT2D eigenvalue weighted by atomic mass is 32.2. The zero-order valence-electron chi connectivity index (χ0n) is 13.8. The quantitative estimate of drug-likeness (QED) is 0.744. The molecule has 0 spiro atoms. The number of rotatable bonds is 7. The summed E-state index contributed by atoms with van der Waals surface area (Å²) in [6.45, 7) is 2.10. The summed E-state index contributed by atoms with van der Waals surface area (Å²) in [5.41, 5.74) is 2.21. The van der Waals surface area contributed by atoms with Gasteiger partial charge in [-0.3, -0.25) is 4.79 Å². The van der Waals surface area contributed by atoms with E-state index in [1.54, 1.807) is 0 Å². The zero-order chi connectivity index (χ0) is 18.3. The highest BCUT2D eigenvalue weighted by molar-refractivity contribution is 7.89. The Morgan fingerprint density at radius 2 is 1.72 bits per heavy atom. The van der Waals surface area contributed by atoms with E-state index in [1.165, 1.54) is 29.8 Å². The van der Waals surface area contributed by atoms with Crippen LogP contribution in [0.2, 0.25) is 0 Å². The molecule has 0 radical (unpaired) electrons. The normalized spacial score (nSPS) is 10.9. The van der Waals surface area contributed by atoms with E-state index in [9.17, 15) is 13.2 Å². The molecule has 6 nitrogen and oxygen atoms in total. The molecule has 2 rings (SSSR count). The van der Waals surface area contributed by atoms with E-state index < -0.39 is 10.0 Å². The van der Waals surface area contributed by atoms with Gasteiger partial charge in [-0.1, -0.05) is 19.1 Å². The van der Waals surface area contributed by atoms with Crippen LogP contribution >= 0.6 is 0 Å². The van der Waals surface area contributed by atoms with Crippen LogP contribution in [0.4, 0.5) is 5.69 Å². The van der Waals surface area contributed by atoms with Crippen molar-refractivity contribution >= 4 is 21.6 Å². The van der Waals surface area contributed by atoms with Crippen molar-refractivity contribution in [2.75, 3.05) is 11.9 Å². The summed E-state index contributed by atoms with van der Waals surface area (Å²) in [5.74, 6) is -0.314. The first-order chi connectivity index (χ1) is 12.0. The number of hydrogen-bond donors (Lipinski definition) is 2. The lowest BCUT2D eigenvalue weighted by atomic mass is 10.1. The van der Waals surface area contributed by atoms with E-state index in [-0.39, 0.29) is 23.8 Å². The molecule has 1 amide bonds. The minimum Gasteiger partial charge on any atom is -0.322 e. The Kier molecular flexibility index (Phi) is 6.28. The van der Waals surface area contributed by atoms with E-state index in [0.29, 0.717) is 11.3 Å². The first-order valence-corrected chi connectivity index (χ1v) is 9.31. The fourth-order valence-corrected chi connectivity index (χ4v) is 3.17. The standard InChI is InChI=1S/C18H19N3O3S/c1-2-14-4-8-16(9-5-14)21-18(22)15-6-10-17(11-7-15)25(23,24)20-13-3-12-19/h4-11,20H,2-3,13H2,1H3,(H,21,22). The Bertz CT molecular complexity index is 867. The van der Waals surface area contributed by atoms with Gasteiger partial charge in [-0.2, -0.15) is 5.26 Å². The number of hydrogen-bond acceptors (Lipinski definition) is 4.